The molecule has 0 fully saturated rings. The number of rotatable bonds is 6. The number of nitro groups is 2. The van der Waals surface area contributed by atoms with Crippen LogP contribution in [-0.2, 0) is 20.0 Å². The summed E-state index contributed by atoms with van der Waals surface area (Å²) in [4.78, 5) is 22.8. The van der Waals surface area contributed by atoms with E-state index in [0.717, 1.165) is 0 Å². The van der Waals surface area contributed by atoms with E-state index in [1.54, 1.807) is 9.44 Å². The summed E-state index contributed by atoms with van der Waals surface area (Å²) in [6, 6.07) is 0.397. The fraction of sp³-hybridized carbons (Fsp3) is 0.286. The average molecular weight is 355 g/mol. The van der Waals surface area contributed by atoms with Crippen LogP contribution in [0.4, 0.5) is 23.0 Å². The van der Waals surface area contributed by atoms with Gasteiger partial charge in [-0.3, -0.25) is 29.7 Å². The molecule has 0 aliphatic rings. The highest BCUT2D eigenvalue weighted by atomic mass is 32.2. The van der Waals surface area contributed by atoms with Crippen LogP contribution in [0.1, 0.15) is 0 Å². The number of nitrogens with zero attached hydrogens (tertiary/aromatic N) is 3. The smallest absolute Gasteiger partial charge is 0.262 e. The summed E-state index contributed by atoms with van der Waals surface area (Å²) in [7, 11) is -7.98. The molecule has 0 aromatic carbocycles. The van der Waals surface area contributed by atoms with Crippen LogP contribution in [0.15, 0.2) is 6.07 Å². The van der Waals surface area contributed by atoms with Crippen LogP contribution in [0.25, 0.3) is 0 Å². The lowest BCUT2D eigenvalue weighted by Gasteiger charge is -2.08. The molecule has 1 aromatic rings. The van der Waals surface area contributed by atoms with Gasteiger partial charge in [0.2, 0.25) is 31.7 Å². The van der Waals surface area contributed by atoms with Crippen molar-refractivity contribution in [3.8, 4) is 0 Å². The van der Waals surface area contributed by atoms with E-state index in [1.165, 1.54) is 0 Å². The Bertz CT molecular complexity index is 779. The minimum atomic E-state index is -3.99. The summed E-state index contributed by atoms with van der Waals surface area (Å²) in [6.45, 7) is 0. The number of hydrogen-bond acceptors (Lipinski definition) is 9. The van der Waals surface area contributed by atoms with Crippen molar-refractivity contribution in [1.29, 1.82) is 0 Å². The lowest BCUT2D eigenvalue weighted by atomic mass is 10.3. The van der Waals surface area contributed by atoms with Gasteiger partial charge in [-0.05, 0) is 0 Å². The number of hydrogen-bond donors (Lipinski definition) is 2. The fourth-order valence-corrected chi connectivity index (χ4v) is 2.28. The third-order valence-corrected chi connectivity index (χ3v) is 3.07. The van der Waals surface area contributed by atoms with Crippen LogP contribution in [-0.4, -0.2) is 44.2 Å². The largest absolute Gasteiger partial charge is 0.319 e. The average Bonchev–Trinajstić information content (AvgIpc) is 2.23. The van der Waals surface area contributed by atoms with E-state index < -0.39 is 52.9 Å². The Balaban J connectivity index is 3.65. The molecule has 0 unspecified atom stereocenters. The molecule has 1 aromatic heterocycles. The van der Waals surface area contributed by atoms with Gasteiger partial charge in [-0.2, -0.15) is 4.98 Å². The van der Waals surface area contributed by atoms with Crippen molar-refractivity contribution in [2.45, 2.75) is 0 Å². The Morgan fingerprint density at radius 3 is 1.45 bits per heavy atom. The maximum atomic E-state index is 11.1. The lowest BCUT2D eigenvalue weighted by Crippen LogP contribution is -2.16. The number of aromatic nitrogens is 1. The van der Waals surface area contributed by atoms with Crippen LogP contribution in [0, 0.1) is 20.2 Å². The Morgan fingerprint density at radius 2 is 1.23 bits per heavy atom. The van der Waals surface area contributed by atoms with E-state index in [4.69, 9.17) is 0 Å². The van der Waals surface area contributed by atoms with Gasteiger partial charge in [-0.1, -0.05) is 0 Å². The van der Waals surface area contributed by atoms with Crippen molar-refractivity contribution < 1.29 is 26.7 Å². The predicted molar refractivity (Wildman–Crippen MR) is 74.5 cm³/mol. The maximum Gasteiger partial charge on any atom is 0.319 e. The van der Waals surface area contributed by atoms with Crippen molar-refractivity contribution >= 4 is 43.1 Å². The summed E-state index contributed by atoms with van der Waals surface area (Å²) in [6.07, 6.45) is 1.34. The first kappa shape index (κ1) is 17.5. The van der Waals surface area contributed by atoms with Gasteiger partial charge < -0.3 is 0 Å². The highest BCUT2D eigenvalue weighted by molar-refractivity contribution is 7.92. The minimum Gasteiger partial charge on any atom is -0.262 e. The first-order valence-corrected chi connectivity index (χ1v) is 8.88. The second-order valence-electron chi connectivity index (χ2n) is 3.99. The first-order valence-electron chi connectivity index (χ1n) is 5.09. The van der Waals surface area contributed by atoms with Crippen LogP contribution in [0.2, 0.25) is 0 Å². The minimum absolute atomic E-state index is 0.397. The van der Waals surface area contributed by atoms with E-state index in [0.29, 0.717) is 18.6 Å². The molecule has 0 saturated carbocycles. The summed E-state index contributed by atoms with van der Waals surface area (Å²) in [5, 5.41) is 21.7. The molecular weight excluding hydrogens is 346 g/mol. The Hall–Kier alpha value is -2.55. The van der Waals surface area contributed by atoms with E-state index in [9.17, 15) is 37.1 Å². The van der Waals surface area contributed by atoms with Crippen molar-refractivity contribution in [3.05, 3.63) is 26.3 Å². The molecular formula is C7H9N5O8S2. The monoisotopic (exact) mass is 355 g/mol. The Kier molecular flexibility index (Phi) is 4.52. The molecule has 13 nitrogen and oxygen atoms in total. The van der Waals surface area contributed by atoms with Gasteiger partial charge in [0.25, 0.3) is 0 Å². The Labute approximate surface area is 123 Å². The molecule has 0 saturated heterocycles. The number of pyridine rings is 1. The van der Waals surface area contributed by atoms with Crippen LogP contribution < -0.4 is 9.44 Å². The number of nitrogens with one attached hydrogen (secondary N) is 2. The second-order valence-corrected chi connectivity index (χ2v) is 7.48. The zero-order chi connectivity index (χ0) is 17.3. The van der Waals surface area contributed by atoms with Gasteiger partial charge in [0.15, 0.2) is 0 Å². The van der Waals surface area contributed by atoms with Crippen LogP contribution in [0.5, 0.6) is 0 Å². The van der Waals surface area contributed by atoms with Crippen LogP contribution in [0.3, 0.4) is 0 Å². The van der Waals surface area contributed by atoms with Crippen LogP contribution >= 0.6 is 0 Å². The highest BCUT2D eigenvalue weighted by Gasteiger charge is 2.29. The second kappa shape index (κ2) is 5.68. The molecule has 2 N–H and O–H groups in total. The van der Waals surface area contributed by atoms with Gasteiger partial charge in [-0.15, -0.1) is 0 Å². The molecule has 0 radical (unpaired) electrons. The molecule has 0 aliphatic carbocycles. The molecule has 0 atom stereocenters. The molecule has 1 heterocycles. The zero-order valence-electron chi connectivity index (χ0n) is 11.0. The van der Waals surface area contributed by atoms with Crippen molar-refractivity contribution in [2.75, 3.05) is 22.0 Å². The van der Waals surface area contributed by atoms with Gasteiger partial charge in [-0.25, -0.2) is 16.8 Å². The topological polar surface area (TPSA) is 192 Å². The molecule has 15 heteroatoms. The van der Waals surface area contributed by atoms with Gasteiger partial charge in [0, 0.05) is 0 Å². The third kappa shape index (κ3) is 4.77. The van der Waals surface area contributed by atoms with Gasteiger partial charge in [0.05, 0.1) is 22.4 Å². The first-order chi connectivity index (χ1) is 9.80. The lowest BCUT2D eigenvalue weighted by molar-refractivity contribution is -0.393. The number of anilines is 2. The quantitative estimate of drug-likeness (QED) is 0.506. The molecule has 0 aliphatic heterocycles. The molecule has 0 spiro atoms. The molecule has 22 heavy (non-hydrogen) atoms. The van der Waals surface area contributed by atoms with E-state index in [2.05, 4.69) is 4.98 Å². The SMILES string of the molecule is CS(=O)(=O)Nc1nc(NS(C)(=O)=O)c([N+](=O)[O-])cc1[N+](=O)[O-]. The summed E-state index contributed by atoms with van der Waals surface area (Å²) < 4.78 is 47.9. The van der Waals surface area contributed by atoms with E-state index in [-0.39, 0.29) is 0 Å². The van der Waals surface area contributed by atoms with Gasteiger partial charge >= 0.3 is 11.4 Å². The van der Waals surface area contributed by atoms with Gasteiger partial charge in [0.1, 0.15) is 6.07 Å². The fourth-order valence-electron chi connectivity index (χ4n) is 1.27. The molecule has 0 amide bonds. The number of sulfonamides is 2. The normalized spacial score (nSPS) is 11.7. The van der Waals surface area contributed by atoms with E-state index >= 15 is 0 Å². The summed E-state index contributed by atoms with van der Waals surface area (Å²) in [5.41, 5.74) is -2.01. The standard InChI is InChI=1S/C7H9N5O8S2/c1-21(17,18)9-6-4(11(13)14)3-5(12(15)16)7(8-6)10-22(2,19)20/h3H,1-2H3,(H2,8,9,10). The molecule has 0 bridgehead atoms. The Morgan fingerprint density at radius 1 is 0.909 bits per heavy atom. The highest BCUT2D eigenvalue weighted by Crippen LogP contribution is 2.33. The molecule has 1 rings (SSSR count). The van der Waals surface area contributed by atoms with Crippen molar-refractivity contribution in [3.63, 3.8) is 0 Å². The maximum absolute atomic E-state index is 11.1. The third-order valence-electron chi connectivity index (χ3n) is 1.94. The van der Waals surface area contributed by atoms with Crippen molar-refractivity contribution in [2.24, 2.45) is 0 Å². The zero-order valence-corrected chi connectivity index (χ0v) is 12.6. The van der Waals surface area contributed by atoms with Crippen molar-refractivity contribution in [1.82, 2.24) is 4.98 Å². The summed E-state index contributed by atoms with van der Waals surface area (Å²) >= 11 is 0. The predicted octanol–water partition coefficient (Wildman–Crippen LogP) is -0.359. The molecule has 122 valence electrons. The van der Waals surface area contributed by atoms with E-state index in [1.807, 2.05) is 0 Å². The summed E-state index contributed by atoms with van der Waals surface area (Å²) in [5.74, 6) is -1.71.